The summed E-state index contributed by atoms with van der Waals surface area (Å²) in [6.45, 7) is -1.84. The Bertz CT molecular complexity index is 1170. The molecule has 0 aliphatic carbocycles. The van der Waals surface area contributed by atoms with Gasteiger partial charge in [-0.25, -0.2) is 18.6 Å². The fraction of sp³-hybridized carbons (Fsp3) is 0.211. The van der Waals surface area contributed by atoms with Crippen LogP contribution in [-0.2, 0) is 4.74 Å². The molecule has 0 atom stereocenters. The highest BCUT2D eigenvalue weighted by atomic mass is 32.2. The van der Waals surface area contributed by atoms with E-state index in [1.165, 1.54) is 6.07 Å². The van der Waals surface area contributed by atoms with E-state index in [0.717, 1.165) is 28.5 Å². The Morgan fingerprint density at radius 3 is 2.61 bits per heavy atom. The maximum Gasteiger partial charge on any atom is 0.422 e. The largest absolute Gasteiger partial charge is 0.440 e. The van der Waals surface area contributed by atoms with E-state index >= 15 is 0 Å². The lowest BCUT2D eigenvalue weighted by Crippen LogP contribution is -2.30. The Morgan fingerprint density at radius 1 is 1.16 bits per heavy atom. The molecule has 0 spiro atoms. The first-order chi connectivity index (χ1) is 14.7. The van der Waals surface area contributed by atoms with Crippen molar-refractivity contribution in [3.05, 3.63) is 64.5 Å². The number of hydrogen-bond acceptors (Lipinski definition) is 5. The summed E-state index contributed by atoms with van der Waals surface area (Å²) in [5, 5.41) is 2.40. The molecule has 0 aliphatic rings. The number of amides is 1. The van der Waals surface area contributed by atoms with Gasteiger partial charge in [0.1, 0.15) is 11.6 Å². The molecule has 0 fully saturated rings. The molecule has 164 valence electrons. The zero-order valence-electron chi connectivity index (χ0n) is 15.6. The van der Waals surface area contributed by atoms with Crippen LogP contribution < -0.4 is 10.9 Å². The molecule has 0 unspecified atom stereocenters. The first kappa shape index (κ1) is 22.5. The highest BCUT2D eigenvalue weighted by Gasteiger charge is 2.29. The number of para-hydroxylation sites is 1. The van der Waals surface area contributed by atoms with Gasteiger partial charge in [0.2, 0.25) is 0 Å². The average Bonchev–Trinajstić information content (AvgIpc) is 2.70. The smallest absolute Gasteiger partial charge is 0.422 e. The van der Waals surface area contributed by atoms with Gasteiger partial charge in [-0.15, -0.1) is 0 Å². The van der Waals surface area contributed by atoms with E-state index in [2.05, 4.69) is 15.0 Å². The maximum absolute atomic E-state index is 14.4. The summed E-state index contributed by atoms with van der Waals surface area (Å²) < 4.78 is 68.8. The van der Waals surface area contributed by atoms with Crippen LogP contribution in [0.4, 0.5) is 26.7 Å². The van der Waals surface area contributed by atoms with Gasteiger partial charge in [-0.05, 0) is 24.3 Å². The Hall–Kier alpha value is -3.15. The van der Waals surface area contributed by atoms with E-state index in [0.29, 0.717) is 11.6 Å². The van der Waals surface area contributed by atoms with Crippen molar-refractivity contribution in [1.29, 1.82) is 0 Å². The quantitative estimate of drug-likeness (QED) is 0.261. The van der Waals surface area contributed by atoms with Crippen LogP contribution >= 0.6 is 11.8 Å². The molecular weight excluding hydrogens is 445 g/mol. The number of fused-ring (bicyclic) bond motifs is 1. The number of alkyl halides is 3. The third-order valence-electron chi connectivity index (χ3n) is 3.87. The molecule has 1 aromatic heterocycles. The van der Waals surface area contributed by atoms with Crippen molar-refractivity contribution in [3.63, 3.8) is 0 Å². The van der Waals surface area contributed by atoms with Crippen molar-refractivity contribution in [1.82, 2.24) is 14.9 Å². The van der Waals surface area contributed by atoms with Crippen LogP contribution in [0, 0.1) is 11.6 Å². The Balaban J connectivity index is 1.82. The molecule has 6 nitrogen and oxygen atoms in total. The molecule has 0 aliphatic heterocycles. The predicted molar refractivity (Wildman–Crippen MR) is 103 cm³/mol. The molecule has 3 rings (SSSR count). The lowest BCUT2D eigenvalue weighted by molar-refractivity contribution is -0.160. The zero-order chi connectivity index (χ0) is 22.6. The summed E-state index contributed by atoms with van der Waals surface area (Å²) in [7, 11) is 0. The van der Waals surface area contributed by atoms with Crippen LogP contribution in [0.1, 0.15) is 0 Å². The van der Waals surface area contributed by atoms with Gasteiger partial charge in [0.05, 0.1) is 16.6 Å². The van der Waals surface area contributed by atoms with E-state index in [1.54, 1.807) is 18.2 Å². The van der Waals surface area contributed by atoms with Gasteiger partial charge in [0, 0.05) is 18.4 Å². The topological polar surface area (TPSA) is 73.2 Å². The Labute approximate surface area is 176 Å². The molecule has 0 bridgehead atoms. The molecule has 0 saturated carbocycles. The van der Waals surface area contributed by atoms with Crippen molar-refractivity contribution in [2.24, 2.45) is 0 Å². The van der Waals surface area contributed by atoms with Gasteiger partial charge in [-0.3, -0.25) is 9.36 Å². The number of benzene rings is 2. The second kappa shape index (κ2) is 9.33. The van der Waals surface area contributed by atoms with Gasteiger partial charge in [0.15, 0.2) is 11.8 Å². The lowest BCUT2D eigenvalue weighted by atomic mass is 10.2. The van der Waals surface area contributed by atoms with Gasteiger partial charge in [-0.1, -0.05) is 23.9 Å². The number of nitrogens with one attached hydrogen (secondary N) is 1. The first-order valence-electron chi connectivity index (χ1n) is 8.73. The van der Waals surface area contributed by atoms with E-state index in [-0.39, 0.29) is 28.5 Å². The summed E-state index contributed by atoms with van der Waals surface area (Å²) in [6, 6.07) is 9.08. The van der Waals surface area contributed by atoms with Crippen LogP contribution in [0.5, 0.6) is 0 Å². The molecule has 1 amide bonds. The molecule has 1 heterocycles. The standard InChI is InChI=1S/C19H14F5N3O3S/c20-11-5-6-15(13(21)9-11)27-16(28)12-3-1-2-4-14(12)26-17(27)31-8-7-25-18(29)30-10-19(22,23)24/h1-6,9H,7-8,10H2,(H,25,29). The SMILES string of the molecule is O=C(NCCSc1nc2ccccc2c(=O)n1-c1ccc(F)cc1F)OCC(F)(F)F. The van der Waals surface area contributed by atoms with Crippen LogP contribution in [0.25, 0.3) is 16.6 Å². The fourth-order valence-corrected chi connectivity index (χ4v) is 3.44. The van der Waals surface area contributed by atoms with Gasteiger partial charge in [0.25, 0.3) is 5.56 Å². The van der Waals surface area contributed by atoms with Crippen LogP contribution in [0.2, 0.25) is 0 Å². The number of rotatable bonds is 6. The minimum Gasteiger partial charge on any atom is -0.440 e. The maximum atomic E-state index is 14.4. The number of carbonyl (C=O) groups is 1. The minimum atomic E-state index is -4.64. The first-order valence-corrected chi connectivity index (χ1v) is 9.71. The van der Waals surface area contributed by atoms with Gasteiger partial charge in [-0.2, -0.15) is 13.2 Å². The third-order valence-corrected chi connectivity index (χ3v) is 4.81. The summed E-state index contributed by atoms with van der Waals surface area (Å²) in [5.41, 5.74) is -0.466. The van der Waals surface area contributed by atoms with Gasteiger partial charge >= 0.3 is 12.3 Å². The number of halogens is 5. The van der Waals surface area contributed by atoms with E-state index in [4.69, 9.17) is 0 Å². The molecule has 0 saturated heterocycles. The second-order valence-electron chi connectivity index (χ2n) is 6.11. The average molecular weight is 459 g/mol. The van der Waals surface area contributed by atoms with E-state index in [1.807, 2.05) is 0 Å². The minimum absolute atomic E-state index is 0.0552. The Kier molecular flexibility index (Phi) is 6.78. The summed E-state index contributed by atoms with van der Waals surface area (Å²) >= 11 is 0.948. The molecule has 1 N–H and O–H groups in total. The highest BCUT2D eigenvalue weighted by Crippen LogP contribution is 2.23. The lowest BCUT2D eigenvalue weighted by Gasteiger charge is -2.14. The highest BCUT2D eigenvalue weighted by molar-refractivity contribution is 7.99. The second-order valence-corrected chi connectivity index (χ2v) is 7.18. The summed E-state index contributed by atoms with van der Waals surface area (Å²) in [5.74, 6) is -1.72. The van der Waals surface area contributed by atoms with Gasteiger partial charge < -0.3 is 10.1 Å². The third kappa shape index (κ3) is 5.72. The predicted octanol–water partition coefficient (Wildman–Crippen LogP) is 4.04. The molecule has 2 aromatic carbocycles. The number of nitrogens with zero attached hydrogens (tertiary/aromatic N) is 2. The molecule has 0 radical (unpaired) electrons. The number of thioether (sulfide) groups is 1. The van der Waals surface area contributed by atoms with Crippen LogP contribution in [-0.4, -0.2) is 40.7 Å². The van der Waals surface area contributed by atoms with Crippen molar-refractivity contribution in [2.75, 3.05) is 18.9 Å². The number of alkyl carbamates (subject to hydrolysis) is 1. The number of ether oxygens (including phenoxy) is 1. The summed E-state index contributed by atoms with van der Waals surface area (Å²) in [4.78, 5) is 28.6. The van der Waals surface area contributed by atoms with Crippen LogP contribution in [0.3, 0.4) is 0 Å². The zero-order valence-corrected chi connectivity index (χ0v) is 16.4. The molecule has 12 heteroatoms. The van der Waals surface area contributed by atoms with Crippen molar-refractivity contribution in [3.8, 4) is 5.69 Å². The fourth-order valence-electron chi connectivity index (χ4n) is 2.58. The Morgan fingerprint density at radius 2 is 1.90 bits per heavy atom. The van der Waals surface area contributed by atoms with Crippen molar-refractivity contribution in [2.45, 2.75) is 11.3 Å². The number of hydrogen-bond donors (Lipinski definition) is 1. The van der Waals surface area contributed by atoms with E-state index < -0.39 is 36.1 Å². The van der Waals surface area contributed by atoms with Crippen molar-refractivity contribution >= 4 is 28.8 Å². The number of carbonyl (C=O) groups excluding carboxylic acids is 1. The normalized spacial score (nSPS) is 11.5. The van der Waals surface area contributed by atoms with Crippen molar-refractivity contribution < 1.29 is 31.5 Å². The number of aromatic nitrogens is 2. The van der Waals surface area contributed by atoms with E-state index in [9.17, 15) is 31.5 Å². The molecule has 3 aromatic rings. The van der Waals surface area contributed by atoms with Crippen LogP contribution in [0.15, 0.2) is 52.4 Å². The molecule has 31 heavy (non-hydrogen) atoms. The summed E-state index contributed by atoms with van der Waals surface area (Å²) in [6.07, 6.45) is -5.90. The molecular formula is C19H14F5N3O3S. The monoisotopic (exact) mass is 459 g/mol.